The highest BCUT2D eigenvalue weighted by molar-refractivity contribution is 7.89. The van der Waals surface area contributed by atoms with Gasteiger partial charge in [-0.2, -0.15) is 0 Å². The minimum Gasteiger partial charge on any atom is -0.481 e. The number of benzene rings is 2. The largest absolute Gasteiger partial charge is 0.481 e. The molecular formula is C15H15NO4S. The van der Waals surface area contributed by atoms with E-state index in [1.54, 1.807) is 12.1 Å². The van der Waals surface area contributed by atoms with Gasteiger partial charge < -0.3 is 5.11 Å². The van der Waals surface area contributed by atoms with E-state index in [9.17, 15) is 13.2 Å². The number of nitrogens with one attached hydrogen (secondary N) is 1. The molecule has 0 unspecified atom stereocenters. The number of hydrogen-bond acceptors (Lipinski definition) is 3. The lowest BCUT2D eigenvalue weighted by molar-refractivity contribution is -0.136. The van der Waals surface area contributed by atoms with E-state index in [2.05, 4.69) is 4.72 Å². The van der Waals surface area contributed by atoms with Crippen LogP contribution < -0.4 is 4.72 Å². The Hall–Kier alpha value is -1.92. The smallest absolute Gasteiger partial charge is 0.304 e. The lowest BCUT2D eigenvalue weighted by Crippen LogP contribution is -2.26. The van der Waals surface area contributed by atoms with Gasteiger partial charge in [0.1, 0.15) is 0 Å². The van der Waals surface area contributed by atoms with E-state index in [1.165, 1.54) is 11.1 Å². The molecule has 3 rings (SSSR count). The molecule has 0 saturated heterocycles. The topological polar surface area (TPSA) is 83.5 Å². The minimum atomic E-state index is -3.70. The third-order valence-corrected chi connectivity index (χ3v) is 5.28. The number of carboxylic acids is 1. The summed E-state index contributed by atoms with van der Waals surface area (Å²) in [7, 11) is -3.70. The van der Waals surface area contributed by atoms with Crippen LogP contribution in [-0.4, -0.2) is 26.0 Å². The van der Waals surface area contributed by atoms with Gasteiger partial charge in [0, 0.05) is 11.9 Å². The van der Waals surface area contributed by atoms with E-state index in [0.717, 1.165) is 18.2 Å². The molecule has 0 atom stereocenters. The summed E-state index contributed by atoms with van der Waals surface area (Å²) in [4.78, 5) is 10.7. The molecule has 2 N–H and O–H groups in total. The Kier molecular flexibility index (Phi) is 3.43. The first-order chi connectivity index (χ1) is 9.99. The summed E-state index contributed by atoms with van der Waals surface area (Å²) in [6, 6.07) is 9.15. The second-order valence-corrected chi connectivity index (χ2v) is 6.84. The summed E-state index contributed by atoms with van der Waals surface area (Å²) in [6.07, 6.45) is 1.63. The number of aliphatic carboxylic acids is 1. The summed E-state index contributed by atoms with van der Waals surface area (Å²) >= 11 is 0. The van der Waals surface area contributed by atoms with Gasteiger partial charge in [-0.25, -0.2) is 13.1 Å². The quantitative estimate of drug-likeness (QED) is 0.880. The molecule has 2 aromatic rings. The molecular weight excluding hydrogens is 290 g/mol. The van der Waals surface area contributed by atoms with Crippen molar-refractivity contribution < 1.29 is 18.3 Å². The molecule has 0 aliphatic heterocycles. The van der Waals surface area contributed by atoms with Crippen LogP contribution in [0, 0.1) is 0 Å². The van der Waals surface area contributed by atoms with Crippen LogP contribution in [0.3, 0.4) is 0 Å². The van der Waals surface area contributed by atoms with Crippen molar-refractivity contribution in [1.82, 2.24) is 4.72 Å². The lowest BCUT2D eigenvalue weighted by Gasteiger charge is -2.10. The van der Waals surface area contributed by atoms with Gasteiger partial charge in [0.25, 0.3) is 0 Å². The fourth-order valence-electron chi connectivity index (χ4n) is 2.82. The number of carbonyl (C=O) groups is 1. The average Bonchev–Trinajstić information content (AvgIpc) is 2.84. The Morgan fingerprint density at radius 3 is 2.57 bits per heavy atom. The molecule has 0 heterocycles. The Bertz CT molecular complexity index is 817. The summed E-state index contributed by atoms with van der Waals surface area (Å²) < 4.78 is 27.1. The fourth-order valence-corrected chi connectivity index (χ4v) is 4.06. The molecule has 2 aromatic carbocycles. The maximum atomic E-state index is 12.4. The average molecular weight is 305 g/mol. The van der Waals surface area contributed by atoms with Gasteiger partial charge in [-0.15, -0.1) is 0 Å². The molecule has 110 valence electrons. The van der Waals surface area contributed by atoms with E-state index >= 15 is 0 Å². The second kappa shape index (κ2) is 5.13. The van der Waals surface area contributed by atoms with E-state index in [1.807, 2.05) is 18.2 Å². The van der Waals surface area contributed by atoms with E-state index in [-0.39, 0.29) is 17.9 Å². The number of sulfonamides is 1. The van der Waals surface area contributed by atoms with Crippen LogP contribution in [0.4, 0.5) is 0 Å². The first-order valence-corrected chi connectivity index (χ1v) is 8.22. The standard InChI is InChI=1S/C15H15NO4S/c17-14(18)8-9-16-21(19,20)13-7-6-11-5-4-10-2-1-3-12(13)15(10)11/h1-3,6-7,16H,4-5,8-9H2,(H,17,18). The highest BCUT2D eigenvalue weighted by atomic mass is 32.2. The zero-order valence-electron chi connectivity index (χ0n) is 11.3. The zero-order valence-corrected chi connectivity index (χ0v) is 12.1. The first kappa shape index (κ1) is 14.0. The molecule has 0 amide bonds. The van der Waals surface area contributed by atoms with Crippen molar-refractivity contribution in [3.05, 3.63) is 41.5 Å². The van der Waals surface area contributed by atoms with Crippen LogP contribution in [0.15, 0.2) is 35.2 Å². The van der Waals surface area contributed by atoms with Gasteiger partial charge in [0.2, 0.25) is 10.0 Å². The summed E-state index contributed by atoms with van der Waals surface area (Å²) in [5.41, 5.74) is 2.34. The second-order valence-electron chi connectivity index (χ2n) is 5.10. The Morgan fingerprint density at radius 1 is 1.14 bits per heavy atom. The van der Waals surface area contributed by atoms with Crippen molar-refractivity contribution in [1.29, 1.82) is 0 Å². The normalized spacial score (nSPS) is 13.7. The third-order valence-electron chi connectivity index (χ3n) is 3.76. The predicted octanol–water partition coefficient (Wildman–Crippen LogP) is 1.69. The van der Waals surface area contributed by atoms with Crippen molar-refractivity contribution in [2.24, 2.45) is 0 Å². The number of aryl methyl sites for hydroxylation is 2. The van der Waals surface area contributed by atoms with Gasteiger partial charge >= 0.3 is 5.97 Å². The van der Waals surface area contributed by atoms with Gasteiger partial charge in [-0.05, 0) is 35.4 Å². The predicted molar refractivity (Wildman–Crippen MR) is 78.8 cm³/mol. The molecule has 5 nitrogen and oxygen atoms in total. The molecule has 0 aromatic heterocycles. The van der Waals surface area contributed by atoms with Crippen LogP contribution in [0.25, 0.3) is 10.8 Å². The Labute approximate surface area is 122 Å². The maximum Gasteiger partial charge on any atom is 0.304 e. The van der Waals surface area contributed by atoms with E-state index in [4.69, 9.17) is 5.11 Å². The van der Waals surface area contributed by atoms with Crippen LogP contribution in [0.5, 0.6) is 0 Å². The molecule has 0 radical (unpaired) electrons. The molecule has 1 aliphatic rings. The number of hydrogen-bond donors (Lipinski definition) is 2. The van der Waals surface area contributed by atoms with Crippen LogP contribution in [0.2, 0.25) is 0 Å². The molecule has 6 heteroatoms. The summed E-state index contributed by atoms with van der Waals surface area (Å²) in [6.45, 7) is -0.111. The van der Waals surface area contributed by atoms with Crippen molar-refractivity contribution >= 4 is 26.8 Å². The monoisotopic (exact) mass is 305 g/mol. The van der Waals surface area contributed by atoms with Gasteiger partial charge in [0.15, 0.2) is 0 Å². The van der Waals surface area contributed by atoms with Gasteiger partial charge in [-0.1, -0.05) is 24.3 Å². The Morgan fingerprint density at radius 2 is 1.86 bits per heavy atom. The summed E-state index contributed by atoms with van der Waals surface area (Å²) in [5.74, 6) is -1.03. The maximum absolute atomic E-state index is 12.4. The number of carboxylic acid groups (broad SMARTS) is 1. The van der Waals surface area contributed by atoms with Crippen LogP contribution in [-0.2, 0) is 27.7 Å². The summed E-state index contributed by atoms with van der Waals surface area (Å²) in [5, 5.41) is 10.3. The SMILES string of the molecule is O=C(O)CCNS(=O)(=O)c1ccc2c3c(cccc13)CC2. The van der Waals surface area contributed by atoms with Crippen LogP contribution in [0.1, 0.15) is 17.5 Å². The molecule has 1 aliphatic carbocycles. The number of rotatable bonds is 5. The van der Waals surface area contributed by atoms with Crippen molar-refractivity contribution in [2.75, 3.05) is 6.54 Å². The van der Waals surface area contributed by atoms with Crippen LogP contribution >= 0.6 is 0 Å². The van der Waals surface area contributed by atoms with E-state index in [0.29, 0.717) is 5.39 Å². The molecule has 21 heavy (non-hydrogen) atoms. The Balaban J connectivity index is 2.03. The highest BCUT2D eigenvalue weighted by Crippen LogP contribution is 2.34. The molecule has 0 bridgehead atoms. The van der Waals surface area contributed by atoms with Crippen molar-refractivity contribution in [2.45, 2.75) is 24.2 Å². The third kappa shape index (κ3) is 2.52. The first-order valence-electron chi connectivity index (χ1n) is 6.74. The lowest BCUT2D eigenvalue weighted by atomic mass is 10.1. The van der Waals surface area contributed by atoms with Gasteiger partial charge in [-0.3, -0.25) is 4.79 Å². The molecule has 0 spiro atoms. The molecule has 0 saturated carbocycles. The molecule has 0 fully saturated rings. The van der Waals surface area contributed by atoms with Crippen molar-refractivity contribution in [3.63, 3.8) is 0 Å². The zero-order chi connectivity index (χ0) is 15.0. The van der Waals surface area contributed by atoms with Crippen molar-refractivity contribution in [3.8, 4) is 0 Å². The van der Waals surface area contributed by atoms with Gasteiger partial charge in [0.05, 0.1) is 11.3 Å². The minimum absolute atomic E-state index is 0.111. The highest BCUT2D eigenvalue weighted by Gasteiger charge is 2.22. The van der Waals surface area contributed by atoms with E-state index < -0.39 is 16.0 Å². The fraction of sp³-hybridized carbons (Fsp3) is 0.267.